The van der Waals surface area contributed by atoms with Gasteiger partial charge in [0.1, 0.15) is 10.8 Å². The van der Waals surface area contributed by atoms with Gasteiger partial charge in [-0.3, -0.25) is 0 Å². The monoisotopic (exact) mass is 355 g/mol. The van der Waals surface area contributed by atoms with Crippen molar-refractivity contribution in [3.63, 3.8) is 0 Å². The van der Waals surface area contributed by atoms with Crippen molar-refractivity contribution < 1.29 is 14.3 Å². The molecule has 1 fully saturated rings. The zero-order chi connectivity index (χ0) is 17.7. The largest absolute Gasteiger partial charge is 0.463 e. The quantitative estimate of drug-likeness (QED) is 0.767. The summed E-state index contributed by atoms with van der Waals surface area (Å²) in [5.74, 6) is 0.396. The lowest BCUT2D eigenvalue weighted by Crippen LogP contribution is -2.43. The van der Waals surface area contributed by atoms with Gasteiger partial charge in [-0.05, 0) is 52.9 Å². The summed E-state index contributed by atoms with van der Waals surface area (Å²) < 4.78 is 11.0. The van der Waals surface area contributed by atoms with Gasteiger partial charge in [0.15, 0.2) is 0 Å². The summed E-state index contributed by atoms with van der Waals surface area (Å²) >= 11 is 5.96. The molecule has 0 aliphatic carbocycles. The second-order valence-corrected chi connectivity index (χ2v) is 7.56. The maximum absolute atomic E-state index is 12.2. The summed E-state index contributed by atoms with van der Waals surface area (Å²) in [5.41, 5.74) is 0.360. The van der Waals surface area contributed by atoms with E-state index in [1.165, 1.54) is 0 Å². The summed E-state index contributed by atoms with van der Waals surface area (Å²) in [4.78, 5) is 22.1. The van der Waals surface area contributed by atoms with Gasteiger partial charge >= 0.3 is 12.1 Å². The normalized spacial score (nSPS) is 18.4. The predicted octanol–water partition coefficient (Wildman–Crippen LogP) is 3.85. The third-order valence-electron chi connectivity index (χ3n) is 3.82. The molecule has 0 N–H and O–H groups in total. The van der Waals surface area contributed by atoms with E-state index in [0.29, 0.717) is 30.2 Å². The number of aryl methyl sites for hydroxylation is 1. The molecule has 1 aromatic heterocycles. The number of carbonyl (C=O) groups is 1. The van der Waals surface area contributed by atoms with E-state index in [-0.39, 0.29) is 6.09 Å². The first kappa shape index (κ1) is 18.8. The number of amides is 1. The Hall–Kier alpha value is -1.56. The lowest BCUT2D eigenvalue weighted by atomic mass is 9.95. The number of aromatic nitrogens is 2. The van der Waals surface area contributed by atoms with Crippen LogP contribution in [0.5, 0.6) is 6.01 Å². The van der Waals surface area contributed by atoms with Gasteiger partial charge in [-0.1, -0.05) is 11.6 Å². The average molecular weight is 356 g/mol. The molecule has 7 heteroatoms. The van der Waals surface area contributed by atoms with Crippen molar-refractivity contribution >= 4 is 17.7 Å². The van der Waals surface area contributed by atoms with E-state index in [1.54, 1.807) is 11.1 Å². The number of carbonyl (C=O) groups excluding carboxylic acids is 1. The molecule has 0 saturated carbocycles. The van der Waals surface area contributed by atoms with Crippen LogP contribution in [0.3, 0.4) is 0 Å². The Bertz CT molecular complexity index is 575. The minimum absolute atomic E-state index is 0.234. The van der Waals surface area contributed by atoms with Crippen molar-refractivity contribution in [3.8, 4) is 6.01 Å². The van der Waals surface area contributed by atoms with Crippen LogP contribution in [0.2, 0.25) is 5.15 Å². The van der Waals surface area contributed by atoms with Gasteiger partial charge < -0.3 is 14.4 Å². The maximum atomic E-state index is 12.2. The molecule has 0 aromatic carbocycles. The van der Waals surface area contributed by atoms with Gasteiger partial charge in [0.2, 0.25) is 0 Å². The first-order valence-electron chi connectivity index (χ1n) is 8.34. The number of ether oxygens (including phenoxy) is 2. The summed E-state index contributed by atoms with van der Waals surface area (Å²) in [6.45, 7) is 9.45. The lowest BCUT2D eigenvalue weighted by Gasteiger charge is -2.34. The molecule has 1 aliphatic rings. The van der Waals surface area contributed by atoms with E-state index in [4.69, 9.17) is 21.1 Å². The third-order valence-corrected chi connectivity index (χ3v) is 4.20. The topological polar surface area (TPSA) is 64.5 Å². The fraction of sp³-hybridized carbons (Fsp3) is 0.706. The molecule has 6 nitrogen and oxygen atoms in total. The highest BCUT2D eigenvalue weighted by molar-refractivity contribution is 6.30. The Labute approximate surface area is 148 Å². The van der Waals surface area contributed by atoms with Gasteiger partial charge in [-0.2, -0.15) is 4.98 Å². The predicted molar refractivity (Wildman–Crippen MR) is 92.4 cm³/mol. The maximum Gasteiger partial charge on any atom is 0.410 e. The smallest absolute Gasteiger partial charge is 0.410 e. The zero-order valence-electron chi connectivity index (χ0n) is 14.8. The number of rotatable bonds is 4. The van der Waals surface area contributed by atoms with Gasteiger partial charge in [0, 0.05) is 24.8 Å². The van der Waals surface area contributed by atoms with Gasteiger partial charge in [0.05, 0.1) is 6.61 Å². The van der Waals surface area contributed by atoms with E-state index in [0.717, 1.165) is 31.4 Å². The highest BCUT2D eigenvalue weighted by atomic mass is 35.5. The van der Waals surface area contributed by atoms with E-state index in [9.17, 15) is 4.79 Å². The molecule has 0 bridgehead atoms. The SMILES string of the molecule is Cc1cnc(OCC[C@H]2CCCN(C(=O)OC(C)(C)C)C2)nc1Cl. The zero-order valence-corrected chi connectivity index (χ0v) is 15.6. The molecule has 1 aromatic rings. The van der Waals surface area contributed by atoms with Gasteiger partial charge in [-0.15, -0.1) is 0 Å². The average Bonchev–Trinajstić information content (AvgIpc) is 2.49. The van der Waals surface area contributed by atoms with Crippen LogP contribution in [0.25, 0.3) is 0 Å². The summed E-state index contributed by atoms with van der Waals surface area (Å²) in [5, 5.41) is 0.411. The number of likely N-dealkylation sites (tertiary alicyclic amines) is 1. The van der Waals surface area contributed by atoms with Crippen LogP contribution in [-0.4, -0.2) is 46.3 Å². The van der Waals surface area contributed by atoms with Gasteiger partial charge in [-0.25, -0.2) is 9.78 Å². The Balaban J connectivity index is 1.78. The minimum atomic E-state index is -0.463. The van der Waals surface area contributed by atoms with Crippen LogP contribution in [0, 0.1) is 12.8 Å². The Morgan fingerprint density at radius 1 is 1.46 bits per heavy atom. The van der Waals surface area contributed by atoms with Crippen molar-refractivity contribution in [2.75, 3.05) is 19.7 Å². The molecule has 2 rings (SSSR count). The van der Waals surface area contributed by atoms with Crippen molar-refractivity contribution in [1.29, 1.82) is 0 Å². The van der Waals surface area contributed by atoms with E-state index < -0.39 is 5.60 Å². The molecule has 1 atom stereocenters. The molecule has 24 heavy (non-hydrogen) atoms. The van der Waals surface area contributed by atoms with Gasteiger partial charge in [0.25, 0.3) is 0 Å². The molecule has 1 aliphatic heterocycles. The fourth-order valence-electron chi connectivity index (χ4n) is 2.59. The van der Waals surface area contributed by atoms with Crippen LogP contribution in [0.1, 0.15) is 45.6 Å². The number of hydrogen-bond donors (Lipinski definition) is 0. The molecule has 134 valence electrons. The Kier molecular flexibility index (Phi) is 6.27. The van der Waals surface area contributed by atoms with Crippen LogP contribution in [0.4, 0.5) is 4.79 Å². The highest BCUT2D eigenvalue weighted by Crippen LogP contribution is 2.22. The molecule has 0 radical (unpaired) electrons. The lowest BCUT2D eigenvalue weighted by molar-refractivity contribution is 0.0154. The van der Waals surface area contributed by atoms with Crippen molar-refractivity contribution in [2.24, 2.45) is 5.92 Å². The van der Waals surface area contributed by atoms with Crippen molar-refractivity contribution in [3.05, 3.63) is 16.9 Å². The van der Waals surface area contributed by atoms with Crippen LogP contribution in [0.15, 0.2) is 6.20 Å². The Morgan fingerprint density at radius 3 is 2.88 bits per heavy atom. The van der Waals surface area contributed by atoms with E-state index >= 15 is 0 Å². The number of piperidine rings is 1. The first-order valence-corrected chi connectivity index (χ1v) is 8.72. The highest BCUT2D eigenvalue weighted by Gasteiger charge is 2.27. The Morgan fingerprint density at radius 2 is 2.21 bits per heavy atom. The molecular formula is C17H26ClN3O3. The summed E-state index contributed by atoms with van der Waals surface area (Å²) in [7, 11) is 0. The summed E-state index contributed by atoms with van der Waals surface area (Å²) in [6.07, 6.45) is 4.32. The summed E-state index contributed by atoms with van der Waals surface area (Å²) in [6, 6.07) is 0.297. The molecular weight excluding hydrogens is 330 g/mol. The number of hydrogen-bond acceptors (Lipinski definition) is 5. The standard InChI is InChI=1S/C17H26ClN3O3/c1-12-10-19-15(20-14(12)18)23-9-7-13-6-5-8-21(11-13)16(22)24-17(2,3)4/h10,13H,5-9,11H2,1-4H3/t13-/m1/s1. The second kappa shape index (κ2) is 8.01. The number of halogens is 1. The molecule has 2 heterocycles. The fourth-order valence-corrected chi connectivity index (χ4v) is 2.71. The first-order chi connectivity index (χ1) is 11.2. The van der Waals surface area contributed by atoms with Crippen molar-refractivity contribution in [1.82, 2.24) is 14.9 Å². The van der Waals surface area contributed by atoms with E-state index in [2.05, 4.69) is 9.97 Å². The van der Waals surface area contributed by atoms with E-state index in [1.807, 2.05) is 27.7 Å². The third kappa shape index (κ3) is 5.82. The molecule has 1 saturated heterocycles. The number of nitrogens with zero attached hydrogens (tertiary/aromatic N) is 3. The molecule has 0 unspecified atom stereocenters. The second-order valence-electron chi connectivity index (χ2n) is 7.20. The molecule has 1 amide bonds. The van der Waals surface area contributed by atoms with Crippen molar-refractivity contribution in [2.45, 2.75) is 52.6 Å². The van der Waals surface area contributed by atoms with Crippen LogP contribution in [-0.2, 0) is 4.74 Å². The molecule has 0 spiro atoms. The van der Waals surface area contributed by atoms with Crippen LogP contribution >= 0.6 is 11.6 Å². The minimum Gasteiger partial charge on any atom is -0.463 e. The van der Waals surface area contributed by atoms with Crippen LogP contribution < -0.4 is 4.74 Å².